The van der Waals surface area contributed by atoms with Crippen LogP contribution in [0.5, 0.6) is 5.75 Å². The number of hydrogen-bond donors (Lipinski definition) is 2. The highest BCUT2D eigenvalue weighted by atomic mass is 35.5. The number of nitrogens with two attached hydrogens (primary N) is 1. The number of ether oxygens (including phenoxy) is 1. The summed E-state index contributed by atoms with van der Waals surface area (Å²) in [4.78, 5) is 10.0. The Kier molecular flexibility index (Phi) is 5.91. The minimum Gasteiger partial charge on any atom is -0.485 e. The molecule has 5 nitrogen and oxygen atoms in total. The van der Waals surface area contributed by atoms with Crippen LogP contribution in [0.25, 0.3) is 22.0 Å². The summed E-state index contributed by atoms with van der Waals surface area (Å²) in [5.74, 6) is -0.920. The third-order valence-corrected chi connectivity index (χ3v) is 6.49. The second kappa shape index (κ2) is 9.00. The van der Waals surface area contributed by atoms with E-state index in [4.69, 9.17) is 22.1 Å². The Hall–Kier alpha value is -3.16. The van der Waals surface area contributed by atoms with Crippen LogP contribution in [0.1, 0.15) is 24.0 Å². The van der Waals surface area contributed by atoms with E-state index in [1.165, 1.54) is 18.4 Å². The van der Waals surface area contributed by atoms with Crippen molar-refractivity contribution in [3.05, 3.63) is 76.6 Å². The first-order valence-corrected chi connectivity index (χ1v) is 11.2. The largest absolute Gasteiger partial charge is 0.485 e. The lowest BCUT2D eigenvalue weighted by molar-refractivity contribution is 0.300. The lowest BCUT2D eigenvalue weighted by Gasteiger charge is -2.14. The highest BCUT2D eigenvalue weighted by Crippen LogP contribution is 2.32. The molecule has 0 radical (unpaired) electrons. The highest BCUT2D eigenvalue weighted by Gasteiger charge is 2.16. The fourth-order valence-electron chi connectivity index (χ4n) is 4.25. The third kappa shape index (κ3) is 4.38. The molecule has 4 aromatic rings. The van der Waals surface area contributed by atoms with Gasteiger partial charge in [0.2, 0.25) is 0 Å². The van der Waals surface area contributed by atoms with Crippen molar-refractivity contribution in [2.45, 2.75) is 26.0 Å². The molecule has 2 aromatic heterocycles. The van der Waals surface area contributed by atoms with E-state index in [2.05, 4.69) is 27.1 Å². The van der Waals surface area contributed by atoms with Gasteiger partial charge in [0.05, 0.1) is 5.02 Å². The lowest BCUT2D eigenvalue weighted by Crippen LogP contribution is -2.17. The van der Waals surface area contributed by atoms with Gasteiger partial charge in [-0.05, 0) is 67.4 Å². The Morgan fingerprint density at radius 2 is 1.85 bits per heavy atom. The van der Waals surface area contributed by atoms with Crippen molar-refractivity contribution >= 4 is 28.3 Å². The maximum atomic E-state index is 14.1. The number of likely N-dealkylation sites (tertiary alicyclic amines) is 1. The van der Waals surface area contributed by atoms with Crippen molar-refractivity contribution in [1.29, 1.82) is 0 Å². The summed E-state index contributed by atoms with van der Waals surface area (Å²) < 4.78 is 33.5. The predicted octanol–water partition coefficient (Wildman–Crippen LogP) is 5.92. The fraction of sp³-hybridized carbons (Fsp3) is 0.240. The molecule has 3 heterocycles. The van der Waals surface area contributed by atoms with Crippen molar-refractivity contribution < 1.29 is 13.5 Å². The van der Waals surface area contributed by atoms with Crippen LogP contribution in [0.15, 0.2) is 48.8 Å². The Morgan fingerprint density at radius 3 is 2.67 bits per heavy atom. The molecule has 2 aromatic carbocycles. The van der Waals surface area contributed by atoms with Crippen molar-refractivity contribution in [1.82, 2.24) is 14.9 Å². The van der Waals surface area contributed by atoms with E-state index in [0.29, 0.717) is 0 Å². The average Bonchev–Trinajstić information content (AvgIpc) is 3.48. The van der Waals surface area contributed by atoms with Gasteiger partial charge in [-0.25, -0.2) is 13.8 Å². The molecule has 0 spiro atoms. The first-order valence-electron chi connectivity index (χ1n) is 10.8. The zero-order chi connectivity index (χ0) is 22.9. The van der Waals surface area contributed by atoms with Gasteiger partial charge >= 0.3 is 0 Å². The Morgan fingerprint density at radius 1 is 1.06 bits per heavy atom. The van der Waals surface area contributed by atoms with Crippen LogP contribution in [0.4, 0.5) is 14.6 Å². The van der Waals surface area contributed by atoms with E-state index < -0.39 is 11.6 Å². The SMILES string of the molecule is Nc1ncc(-c2ccc3[nH]cc(CN4CCCC4)c3c2)cc1OCc1c(F)ccc(F)c1Cl. The molecule has 1 aliphatic heterocycles. The molecule has 0 unspecified atom stereocenters. The summed E-state index contributed by atoms with van der Waals surface area (Å²) in [7, 11) is 0. The molecule has 3 N–H and O–H groups in total. The number of anilines is 1. The number of nitrogen functional groups attached to an aromatic ring is 1. The number of hydrogen-bond acceptors (Lipinski definition) is 4. The second-order valence-corrected chi connectivity index (χ2v) is 8.65. The van der Waals surface area contributed by atoms with Crippen LogP contribution in [0.2, 0.25) is 5.02 Å². The number of aromatic amines is 1. The number of fused-ring (bicyclic) bond motifs is 1. The number of aromatic nitrogens is 2. The Balaban J connectivity index is 1.42. The van der Waals surface area contributed by atoms with Crippen molar-refractivity contribution in [2.75, 3.05) is 18.8 Å². The normalized spacial score (nSPS) is 14.3. The molecule has 33 heavy (non-hydrogen) atoms. The standard InChI is InChI=1S/C25H23ClF2N4O/c26-24-19(20(27)4-5-21(24)28)14-33-23-10-16(11-31-25(23)29)15-3-6-22-18(9-15)17(12-30-22)13-32-7-1-2-8-32/h3-6,9-12,30H,1-2,7-8,13-14H2,(H2,29,31). The summed E-state index contributed by atoms with van der Waals surface area (Å²) in [5.41, 5.74) is 10.0. The van der Waals surface area contributed by atoms with Gasteiger partial charge in [0.15, 0.2) is 11.6 Å². The summed E-state index contributed by atoms with van der Waals surface area (Å²) in [6.45, 7) is 2.90. The first kappa shape index (κ1) is 21.7. The number of rotatable bonds is 6. The monoisotopic (exact) mass is 468 g/mol. The smallest absolute Gasteiger partial charge is 0.166 e. The van der Waals surface area contributed by atoms with E-state index in [1.54, 1.807) is 12.3 Å². The molecule has 1 aliphatic rings. The molecule has 1 saturated heterocycles. The lowest BCUT2D eigenvalue weighted by atomic mass is 10.0. The number of pyridine rings is 1. The first-order chi connectivity index (χ1) is 16.0. The van der Waals surface area contributed by atoms with Crippen LogP contribution in [0, 0.1) is 11.6 Å². The summed E-state index contributed by atoms with van der Waals surface area (Å²) in [6, 6.07) is 9.91. The molecule has 8 heteroatoms. The molecule has 0 amide bonds. The molecular weight excluding hydrogens is 446 g/mol. The van der Waals surface area contributed by atoms with Crippen LogP contribution >= 0.6 is 11.6 Å². The summed E-state index contributed by atoms with van der Waals surface area (Å²) in [5, 5.41) is 0.855. The van der Waals surface area contributed by atoms with Gasteiger partial charge < -0.3 is 15.5 Å². The van der Waals surface area contributed by atoms with Crippen LogP contribution in [0.3, 0.4) is 0 Å². The quantitative estimate of drug-likeness (QED) is 0.345. The van der Waals surface area contributed by atoms with E-state index in [-0.39, 0.29) is 28.8 Å². The van der Waals surface area contributed by atoms with Gasteiger partial charge in [-0.1, -0.05) is 17.7 Å². The molecule has 170 valence electrons. The average molecular weight is 469 g/mol. The number of nitrogens with zero attached hydrogens (tertiary/aromatic N) is 2. The summed E-state index contributed by atoms with van der Waals surface area (Å²) in [6.07, 6.45) is 6.24. The van der Waals surface area contributed by atoms with Crippen LogP contribution in [-0.2, 0) is 13.2 Å². The van der Waals surface area contributed by atoms with Gasteiger partial charge in [0.1, 0.15) is 18.2 Å². The minimum atomic E-state index is -0.707. The Labute approximate surface area is 195 Å². The third-order valence-electron chi connectivity index (χ3n) is 6.09. The van der Waals surface area contributed by atoms with E-state index in [9.17, 15) is 8.78 Å². The van der Waals surface area contributed by atoms with Crippen molar-refractivity contribution in [2.24, 2.45) is 0 Å². The van der Waals surface area contributed by atoms with Gasteiger partial charge in [-0.2, -0.15) is 0 Å². The van der Waals surface area contributed by atoms with E-state index in [0.717, 1.165) is 53.8 Å². The molecule has 0 aliphatic carbocycles. The molecule has 0 bridgehead atoms. The predicted molar refractivity (Wildman–Crippen MR) is 126 cm³/mol. The maximum absolute atomic E-state index is 14.1. The molecule has 5 rings (SSSR count). The van der Waals surface area contributed by atoms with Gasteiger partial charge in [0, 0.05) is 41.0 Å². The van der Waals surface area contributed by atoms with Crippen LogP contribution < -0.4 is 10.5 Å². The molecular formula is C25H23ClF2N4O. The second-order valence-electron chi connectivity index (χ2n) is 8.28. The van der Waals surface area contributed by atoms with E-state index in [1.807, 2.05) is 12.1 Å². The fourth-order valence-corrected chi connectivity index (χ4v) is 4.46. The van der Waals surface area contributed by atoms with E-state index >= 15 is 0 Å². The molecule has 1 fully saturated rings. The highest BCUT2D eigenvalue weighted by molar-refractivity contribution is 6.31. The number of H-pyrrole nitrogens is 1. The minimum absolute atomic E-state index is 0.0678. The van der Waals surface area contributed by atoms with Gasteiger partial charge in [-0.15, -0.1) is 0 Å². The molecule has 0 atom stereocenters. The number of halogens is 3. The zero-order valence-corrected chi connectivity index (χ0v) is 18.6. The number of nitrogens with one attached hydrogen (secondary N) is 1. The van der Waals surface area contributed by atoms with Gasteiger partial charge in [0.25, 0.3) is 0 Å². The van der Waals surface area contributed by atoms with Crippen molar-refractivity contribution in [3.63, 3.8) is 0 Å². The topological polar surface area (TPSA) is 67.2 Å². The van der Waals surface area contributed by atoms with Crippen LogP contribution in [-0.4, -0.2) is 28.0 Å². The summed E-state index contributed by atoms with van der Waals surface area (Å²) >= 11 is 5.90. The zero-order valence-electron chi connectivity index (χ0n) is 17.9. The number of benzene rings is 2. The maximum Gasteiger partial charge on any atom is 0.166 e. The Bertz CT molecular complexity index is 1320. The van der Waals surface area contributed by atoms with Crippen molar-refractivity contribution in [3.8, 4) is 16.9 Å². The van der Waals surface area contributed by atoms with Gasteiger partial charge in [-0.3, -0.25) is 4.90 Å². The molecule has 0 saturated carbocycles.